The molecule has 0 atom stereocenters. The summed E-state index contributed by atoms with van der Waals surface area (Å²) in [6, 6.07) is 24.3. The van der Waals surface area contributed by atoms with E-state index >= 15 is 0 Å². The molecule has 0 radical (unpaired) electrons. The molecule has 0 saturated carbocycles. The van der Waals surface area contributed by atoms with Gasteiger partial charge in [0.1, 0.15) is 0 Å². The Balaban J connectivity index is 1.73. The van der Waals surface area contributed by atoms with E-state index in [2.05, 4.69) is 84.4 Å². The molecule has 0 aliphatic carbocycles. The van der Waals surface area contributed by atoms with Crippen molar-refractivity contribution in [2.75, 3.05) is 0 Å². The van der Waals surface area contributed by atoms with Crippen LogP contribution in [0.1, 0.15) is 5.56 Å². The number of thiophene rings is 2. The first-order chi connectivity index (χ1) is 12.3. The van der Waals surface area contributed by atoms with Gasteiger partial charge in [0.15, 0.2) is 0 Å². The van der Waals surface area contributed by atoms with Gasteiger partial charge in [0, 0.05) is 20.5 Å². The van der Waals surface area contributed by atoms with E-state index < -0.39 is 0 Å². The summed E-state index contributed by atoms with van der Waals surface area (Å²) in [4.78, 5) is 2.72. The lowest BCUT2D eigenvalue weighted by atomic mass is 10.0. The molecule has 5 aromatic rings. The van der Waals surface area contributed by atoms with E-state index in [0.29, 0.717) is 0 Å². The number of hydrogen-bond donors (Lipinski definition) is 0. The molecule has 0 N–H and O–H groups in total. The third kappa shape index (κ3) is 2.50. The van der Waals surface area contributed by atoms with Gasteiger partial charge in [-0.3, -0.25) is 0 Å². The molecule has 0 aliphatic heterocycles. The molecule has 0 spiro atoms. The topological polar surface area (TPSA) is 0 Å². The minimum Gasteiger partial charge on any atom is -0.143 e. The number of aryl methyl sites for hydroxylation is 1. The van der Waals surface area contributed by atoms with Crippen molar-refractivity contribution < 1.29 is 0 Å². The molecule has 0 fully saturated rings. The number of rotatable bonds is 2. The minimum atomic E-state index is 1.31. The molecule has 25 heavy (non-hydrogen) atoms. The van der Waals surface area contributed by atoms with Crippen molar-refractivity contribution in [1.82, 2.24) is 0 Å². The molecule has 0 unspecified atom stereocenters. The van der Waals surface area contributed by atoms with Crippen LogP contribution in [0.15, 0.2) is 77.5 Å². The second-order valence-corrected chi connectivity index (χ2v) is 8.15. The Morgan fingerprint density at radius 2 is 1.08 bits per heavy atom. The van der Waals surface area contributed by atoms with Crippen LogP contribution < -0.4 is 0 Å². The zero-order chi connectivity index (χ0) is 16.8. The van der Waals surface area contributed by atoms with Crippen molar-refractivity contribution in [2.24, 2.45) is 0 Å². The normalized spacial score (nSPS) is 11.4. The van der Waals surface area contributed by atoms with Gasteiger partial charge >= 0.3 is 0 Å². The summed E-state index contributed by atoms with van der Waals surface area (Å²) in [6.45, 7) is 2.19. The smallest absolute Gasteiger partial charge is 0.0421 e. The summed E-state index contributed by atoms with van der Waals surface area (Å²) >= 11 is 3.68. The molecular formula is C23H16S2. The van der Waals surface area contributed by atoms with Crippen molar-refractivity contribution in [2.45, 2.75) is 6.92 Å². The Morgan fingerprint density at radius 3 is 1.60 bits per heavy atom. The second-order valence-electron chi connectivity index (χ2n) is 6.39. The number of hydrogen-bond acceptors (Lipinski definition) is 2. The third-order valence-electron chi connectivity index (χ3n) is 4.62. The highest BCUT2D eigenvalue weighted by atomic mass is 32.1. The van der Waals surface area contributed by atoms with Gasteiger partial charge in [-0.25, -0.2) is 0 Å². The molecule has 2 aromatic heterocycles. The van der Waals surface area contributed by atoms with Gasteiger partial charge in [-0.05, 0) is 51.2 Å². The largest absolute Gasteiger partial charge is 0.143 e. The average molecular weight is 357 g/mol. The van der Waals surface area contributed by atoms with Crippen LogP contribution >= 0.6 is 22.7 Å². The van der Waals surface area contributed by atoms with E-state index in [1.165, 1.54) is 48.0 Å². The molecule has 3 aromatic carbocycles. The molecule has 0 bridgehead atoms. The Kier molecular flexibility index (Phi) is 3.47. The number of fused-ring (bicyclic) bond motifs is 2. The first-order valence-electron chi connectivity index (χ1n) is 8.34. The predicted molar refractivity (Wildman–Crippen MR) is 113 cm³/mol. The minimum absolute atomic E-state index is 1.31. The van der Waals surface area contributed by atoms with Crippen LogP contribution in [0.3, 0.4) is 0 Å². The zero-order valence-electron chi connectivity index (χ0n) is 13.8. The van der Waals surface area contributed by atoms with E-state index in [1.807, 2.05) is 22.7 Å². The van der Waals surface area contributed by atoms with Crippen LogP contribution in [0.5, 0.6) is 0 Å². The van der Waals surface area contributed by atoms with Gasteiger partial charge in [-0.15, -0.1) is 22.7 Å². The van der Waals surface area contributed by atoms with Crippen molar-refractivity contribution in [1.29, 1.82) is 0 Å². The van der Waals surface area contributed by atoms with E-state index in [-0.39, 0.29) is 0 Å². The number of benzene rings is 3. The van der Waals surface area contributed by atoms with Crippen LogP contribution in [-0.4, -0.2) is 0 Å². The van der Waals surface area contributed by atoms with Crippen LogP contribution in [-0.2, 0) is 0 Å². The van der Waals surface area contributed by atoms with E-state index in [0.717, 1.165) is 0 Å². The average Bonchev–Trinajstić information content (AvgIpc) is 3.25. The van der Waals surface area contributed by atoms with Gasteiger partial charge in [-0.1, -0.05) is 60.7 Å². The van der Waals surface area contributed by atoms with E-state index in [9.17, 15) is 0 Å². The molecule has 120 valence electrons. The first kappa shape index (κ1) is 14.9. The summed E-state index contributed by atoms with van der Waals surface area (Å²) in [5, 5.41) is 9.86. The molecule has 0 amide bonds. The summed E-state index contributed by atoms with van der Waals surface area (Å²) in [5.41, 5.74) is 3.94. The Hall–Kier alpha value is -2.42. The Labute approximate surface area is 155 Å². The molecule has 5 rings (SSSR count). The van der Waals surface area contributed by atoms with Gasteiger partial charge in [0.25, 0.3) is 0 Å². The van der Waals surface area contributed by atoms with Gasteiger partial charge in [0.05, 0.1) is 0 Å². The monoisotopic (exact) mass is 356 g/mol. The summed E-state index contributed by atoms with van der Waals surface area (Å²) in [7, 11) is 0. The summed E-state index contributed by atoms with van der Waals surface area (Å²) in [6.07, 6.45) is 0. The first-order valence-corrected chi connectivity index (χ1v) is 10.1. The maximum absolute atomic E-state index is 2.35. The highest BCUT2D eigenvalue weighted by Gasteiger charge is 2.11. The standard InChI is InChI=1S/C23H16S2/c1-15-10-18(22-20-8-4-2-6-16(20)13-24-22)12-19(11-15)23-21-9-5-3-7-17(21)14-25-23/h2-14H,1H3. The molecular weight excluding hydrogens is 340 g/mol. The van der Waals surface area contributed by atoms with Crippen molar-refractivity contribution in [3.63, 3.8) is 0 Å². The van der Waals surface area contributed by atoms with Gasteiger partial charge < -0.3 is 0 Å². The lowest BCUT2D eigenvalue weighted by molar-refractivity contribution is 1.48. The highest BCUT2D eigenvalue weighted by molar-refractivity contribution is 7.16. The van der Waals surface area contributed by atoms with Crippen LogP contribution in [0.2, 0.25) is 0 Å². The SMILES string of the molecule is Cc1cc(-c2scc3ccccc23)cc(-c2scc3ccccc23)c1. The quantitative estimate of drug-likeness (QED) is 0.303. The van der Waals surface area contributed by atoms with Crippen LogP contribution in [0, 0.1) is 6.92 Å². The molecule has 0 nitrogen and oxygen atoms in total. The lowest BCUT2D eigenvalue weighted by Crippen LogP contribution is -1.82. The van der Waals surface area contributed by atoms with Crippen LogP contribution in [0.4, 0.5) is 0 Å². The summed E-state index contributed by atoms with van der Waals surface area (Å²) < 4.78 is 0. The maximum Gasteiger partial charge on any atom is 0.0421 e. The van der Waals surface area contributed by atoms with Crippen molar-refractivity contribution in [3.8, 4) is 20.9 Å². The third-order valence-corrected chi connectivity index (χ3v) is 6.75. The van der Waals surface area contributed by atoms with Crippen molar-refractivity contribution >= 4 is 44.2 Å². The molecule has 2 heteroatoms. The molecule has 0 aliphatic rings. The predicted octanol–water partition coefficient (Wildman–Crippen LogP) is 7.76. The van der Waals surface area contributed by atoms with Gasteiger partial charge in [0.2, 0.25) is 0 Å². The highest BCUT2D eigenvalue weighted by Crippen LogP contribution is 2.40. The molecule has 0 saturated heterocycles. The maximum atomic E-state index is 2.35. The zero-order valence-corrected chi connectivity index (χ0v) is 15.5. The second kappa shape index (κ2) is 5.83. The molecule has 2 heterocycles. The Morgan fingerprint density at radius 1 is 0.600 bits per heavy atom. The summed E-state index contributed by atoms with van der Waals surface area (Å²) in [5.74, 6) is 0. The van der Waals surface area contributed by atoms with E-state index in [1.54, 1.807) is 0 Å². The lowest BCUT2D eigenvalue weighted by Gasteiger charge is -2.07. The fourth-order valence-electron chi connectivity index (χ4n) is 3.48. The van der Waals surface area contributed by atoms with E-state index in [4.69, 9.17) is 0 Å². The van der Waals surface area contributed by atoms with Gasteiger partial charge in [-0.2, -0.15) is 0 Å². The fourth-order valence-corrected chi connectivity index (χ4v) is 5.51. The van der Waals surface area contributed by atoms with Crippen molar-refractivity contribution in [3.05, 3.63) is 83.1 Å². The Bertz CT molecular complexity index is 1110. The van der Waals surface area contributed by atoms with Crippen LogP contribution in [0.25, 0.3) is 42.4 Å². The fraction of sp³-hybridized carbons (Fsp3) is 0.0435.